The van der Waals surface area contributed by atoms with Gasteiger partial charge in [-0.1, -0.05) is 25.1 Å². The largest absolute Gasteiger partial charge is 0.395 e. The van der Waals surface area contributed by atoms with Gasteiger partial charge < -0.3 is 10.4 Å². The quantitative estimate of drug-likeness (QED) is 0.735. The number of hydrogen-bond donors (Lipinski definition) is 2. The number of halogens is 3. The predicted molar refractivity (Wildman–Crippen MR) is 76.9 cm³/mol. The molecule has 0 bridgehead atoms. The van der Waals surface area contributed by atoms with Crippen molar-refractivity contribution in [3.63, 3.8) is 0 Å². The molecule has 0 radical (unpaired) electrons. The first-order chi connectivity index (χ1) is 9.99. The molecule has 2 atom stereocenters. The molecule has 0 saturated carbocycles. The maximum Gasteiger partial charge on any atom is 0.251 e. The van der Waals surface area contributed by atoms with E-state index in [0.29, 0.717) is 12.1 Å². The van der Waals surface area contributed by atoms with E-state index in [1.54, 1.807) is 25.2 Å². The lowest BCUT2D eigenvalue weighted by atomic mass is 9.93. The Kier molecular flexibility index (Phi) is 7.71. The van der Waals surface area contributed by atoms with Crippen molar-refractivity contribution < 1.29 is 18.3 Å². The Labute approximate surface area is 123 Å². The van der Waals surface area contributed by atoms with Crippen LogP contribution in [0.25, 0.3) is 0 Å². The third kappa shape index (κ3) is 5.65. The first-order valence-corrected chi connectivity index (χ1v) is 7.02. The molecule has 0 aliphatic carbocycles. The fourth-order valence-corrected chi connectivity index (χ4v) is 2.58. The minimum Gasteiger partial charge on any atom is -0.395 e. The van der Waals surface area contributed by atoms with Crippen molar-refractivity contribution in [3.8, 4) is 0 Å². The third-order valence-electron chi connectivity index (χ3n) is 3.48. The van der Waals surface area contributed by atoms with Crippen LogP contribution in [0.5, 0.6) is 0 Å². The summed E-state index contributed by atoms with van der Waals surface area (Å²) in [5.74, 6) is -0.400. The van der Waals surface area contributed by atoms with Crippen LogP contribution in [0, 0.1) is 11.7 Å². The molecule has 0 spiro atoms. The summed E-state index contributed by atoms with van der Waals surface area (Å²) < 4.78 is 38.9. The summed E-state index contributed by atoms with van der Waals surface area (Å²) >= 11 is 0. The van der Waals surface area contributed by atoms with E-state index < -0.39 is 13.0 Å². The highest BCUT2D eigenvalue weighted by molar-refractivity contribution is 5.21. The number of hydrogen-bond acceptors (Lipinski definition) is 3. The molecule has 1 aromatic carbocycles. The van der Waals surface area contributed by atoms with Crippen molar-refractivity contribution in [3.05, 3.63) is 35.6 Å². The molecule has 120 valence electrons. The highest BCUT2D eigenvalue weighted by Gasteiger charge is 2.23. The molecule has 0 saturated heterocycles. The van der Waals surface area contributed by atoms with E-state index in [-0.39, 0.29) is 30.9 Å². The SMILES string of the molecule is CNC(c1ccccc1F)C(C)CN(CCO)CC(F)F. The van der Waals surface area contributed by atoms with Gasteiger partial charge >= 0.3 is 0 Å². The standard InChI is InChI=1S/C15H23F3N2O/c1-11(9-20(7-8-21)10-14(17)18)15(19-2)12-5-3-4-6-13(12)16/h3-6,11,14-15,19,21H,7-10H2,1-2H3. The van der Waals surface area contributed by atoms with Crippen LogP contribution in [0.4, 0.5) is 13.2 Å². The highest BCUT2D eigenvalue weighted by Crippen LogP contribution is 2.25. The van der Waals surface area contributed by atoms with Crippen LogP contribution < -0.4 is 5.32 Å². The lowest BCUT2D eigenvalue weighted by Crippen LogP contribution is -2.39. The average Bonchev–Trinajstić information content (AvgIpc) is 2.41. The fourth-order valence-electron chi connectivity index (χ4n) is 2.58. The van der Waals surface area contributed by atoms with Crippen molar-refractivity contribution in [1.29, 1.82) is 0 Å². The molecule has 3 nitrogen and oxygen atoms in total. The van der Waals surface area contributed by atoms with E-state index in [1.165, 1.54) is 11.0 Å². The second kappa shape index (κ2) is 9.02. The summed E-state index contributed by atoms with van der Waals surface area (Å²) in [6.45, 7) is 1.85. The summed E-state index contributed by atoms with van der Waals surface area (Å²) in [4.78, 5) is 1.50. The number of benzene rings is 1. The molecule has 1 aromatic rings. The van der Waals surface area contributed by atoms with E-state index in [9.17, 15) is 13.2 Å². The number of aliphatic hydroxyl groups is 1. The van der Waals surface area contributed by atoms with Crippen molar-refractivity contribution >= 4 is 0 Å². The predicted octanol–water partition coefficient (Wildman–Crippen LogP) is 2.28. The number of alkyl halides is 2. The number of nitrogens with zero attached hydrogens (tertiary/aromatic N) is 1. The van der Waals surface area contributed by atoms with Gasteiger partial charge in [-0.2, -0.15) is 0 Å². The Hall–Kier alpha value is -1.11. The van der Waals surface area contributed by atoms with Crippen molar-refractivity contribution in [1.82, 2.24) is 10.2 Å². The van der Waals surface area contributed by atoms with Gasteiger partial charge in [-0.3, -0.25) is 4.90 Å². The smallest absolute Gasteiger partial charge is 0.251 e. The maximum atomic E-state index is 13.9. The second-order valence-electron chi connectivity index (χ2n) is 5.14. The van der Waals surface area contributed by atoms with Gasteiger partial charge in [-0.25, -0.2) is 13.2 Å². The molecule has 0 aromatic heterocycles. The summed E-state index contributed by atoms with van der Waals surface area (Å²) in [5.41, 5.74) is 0.522. The van der Waals surface area contributed by atoms with Gasteiger partial charge in [0.2, 0.25) is 0 Å². The Balaban J connectivity index is 2.78. The zero-order valence-corrected chi connectivity index (χ0v) is 12.4. The van der Waals surface area contributed by atoms with Gasteiger partial charge in [-0.05, 0) is 19.0 Å². The normalized spacial score (nSPS) is 14.7. The molecular formula is C15H23F3N2O. The van der Waals surface area contributed by atoms with Crippen LogP contribution in [0.3, 0.4) is 0 Å². The molecule has 0 aliphatic heterocycles. The van der Waals surface area contributed by atoms with E-state index >= 15 is 0 Å². The van der Waals surface area contributed by atoms with E-state index in [1.807, 2.05) is 6.92 Å². The van der Waals surface area contributed by atoms with Gasteiger partial charge in [0.1, 0.15) is 5.82 Å². The number of nitrogens with one attached hydrogen (secondary N) is 1. The van der Waals surface area contributed by atoms with Crippen LogP contribution in [0.1, 0.15) is 18.5 Å². The molecule has 2 N–H and O–H groups in total. The summed E-state index contributed by atoms with van der Waals surface area (Å²) in [6, 6.07) is 6.17. The molecule has 1 rings (SSSR count). The van der Waals surface area contributed by atoms with Gasteiger partial charge in [0.05, 0.1) is 13.2 Å². The molecule has 0 amide bonds. The zero-order valence-electron chi connectivity index (χ0n) is 12.4. The monoisotopic (exact) mass is 304 g/mol. The summed E-state index contributed by atoms with van der Waals surface area (Å²) in [5, 5.41) is 12.0. The molecular weight excluding hydrogens is 281 g/mol. The van der Waals surface area contributed by atoms with Crippen LogP contribution in [-0.2, 0) is 0 Å². The summed E-state index contributed by atoms with van der Waals surface area (Å²) in [6.07, 6.45) is -2.45. The maximum absolute atomic E-state index is 13.9. The highest BCUT2D eigenvalue weighted by atomic mass is 19.3. The van der Waals surface area contributed by atoms with E-state index in [0.717, 1.165) is 0 Å². The van der Waals surface area contributed by atoms with Gasteiger partial charge in [0.15, 0.2) is 0 Å². The molecule has 0 fully saturated rings. The Bertz CT molecular complexity index is 418. The van der Waals surface area contributed by atoms with Crippen LogP contribution in [0.15, 0.2) is 24.3 Å². The fraction of sp³-hybridized carbons (Fsp3) is 0.600. The zero-order chi connectivity index (χ0) is 15.8. The Morgan fingerprint density at radius 1 is 1.24 bits per heavy atom. The first kappa shape index (κ1) is 17.9. The Morgan fingerprint density at radius 3 is 2.43 bits per heavy atom. The molecule has 6 heteroatoms. The van der Waals surface area contributed by atoms with Crippen molar-refractivity contribution in [2.24, 2.45) is 5.92 Å². The van der Waals surface area contributed by atoms with Crippen molar-refractivity contribution in [2.45, 2.75) is 19.4 Å². The lowest BCUT2D eigenvalue weighted by molar-refractivity contribution is 0.0677. The molecule has 0 aliphatic rings. The lowest BCUT2D eigenvalue weighted by Gasteiger charge is -2.30. The van der Waals surface area contributed by atoms with Gasteiger partial charge in [-0.15, -0.1) is 0 Å². The van der Waals surface area contributed by atoms with Gasteiger partial charge in [0.25, 0.3) is 6.43 Å². The Morgan fingerprint density at radius 2 is 1.90 bits per heavy atom. The minimum absolute atomic E-state index is 0.0859. The molecule has 21 heavy (non-hydrogen) atoms. The number of aliphatic hydroxyl groups excluding tert-OH is 1. The van der Waals surface area contributed by atoms with E-state index in [2.05, 4.69) is 5.32 Å². The first-order valence-electron chi connectivity index (χ1n) is 7.02. The molecule has 2 unspecified atom stereocenters. The third-order valence-corrected chi connectivity index (χ3v) is 3.48. The topological polar surface area (TPSA) is 35.5 Å². The van der Waals surface area contributed by atoms with Crippen LogP contribution >= 0.6 is 0 Å². The van der Waals surface area contributed by atoms with Crippen LogP contribution in [-0.4, -0.2) is 49.7 Å². The summed E-state index contributed by atoms with van der Waals surface area (Å²) in [7, 11) is 1.72. The van der Waals surface area contributed by atoms with Crippen LogP contribution in [0.2, 0.25) is 0 Å². The average molecular weight is 304 g/mol. The van der Waals surface area contributed by atoms with Gasteiger partial charge in [0, 0.05) is 24.7 Å². The minimum atomic E-state index is -2.45. The van der Waals surface area contributed by atoms with Crippen molar-refractivity contribution in [2.75, 3.05) is 33.3 Å². The molecule has 0 heterocycles. The van der Waals surface area contributed by atoms with E-state index in [4.69, 9.17) is 5.11 Å². The number of rotatable bonds is 9. The second-order valence-corrected chi connectivity index (χ2v) is 5.14.